The van der Waals surface area contributed by atoms with E-state index in [4.69, 9.17) is 66.3 Å². The number of carbonyl (C=O) groups is 4. The minimum absolute atomic E-state index is 0.0251. The molecule has 0 radical (unpaired) electrons. The largest absolute Gasteiger partial charge is 0.507 e. The lowest BCUT2D eigenvalue weighted by Gasteiger charge is -2.46. The molecule has 5 heterocycles. The van der Waals surface area contributed by atoms with E-state index >= 15 is 4.79 Å². The summed E-state index contributed by atoms with van der Waals surface area (Å²) in [5.74, 6) is -5.32. The molecule has 2 aromatic rings. The molecule has 0 saturated carbocycles. The van der Waals surface area contributed by atoms with Gasteiger partial charge in [0.05, 0.1) is 65.9 Å². The molecule has 6 aliphatic rings. The van der Waals surface area contributed by atoms with Crippen molar-refractivity contribution in [3.05, 3.63) is 28.8 Å². The average molecular weight is 1180 g/mol. The normalized spacial score (nSPS) is 39.7. The first-order valence-electron chi connectivity index (χ1n) is 28.2. The summed E-state index contributed by atoms with van der Waals surface area (Å²) in [7, 11) is 2.64. The number of phenols is 2. The Morgan fingerprint density at radius 1 is 0.687 bits per heavy atom. The number of esters is 2. The fraction of sp³-hybridized carbons (Fsp3) is 0.754. The molecular formula is C57H82O26. The average Bonchev–Trinajstić information content (AvgIpc) is 3.57. The maximum Gasteiger partial charge on any atom is 0.303 e. The van der Waals surface area contributed by atoms with E-state index < -0.39 is 188 Å². The van der Waals surface area contributed by atoms with Gasteiger partial charge in [-0.2, -0.15) is 0 Å². The van der Waals surface area contributed by atoms with Gasteiger partial charge in [0.25, 0.3) is 0 Å². The highest BCUT2D eigenvalue weighted by molar-refractivity contribution is 6.11. The molecule has 8 N–H and O–H groups in total. The van der Waals surface area contributed by atoms with Crippen LogP contribution in [0.3, 0.4) is 0 Å². The van der Waals surface area contributed by atoms with E-state index in [1.165, 1.54) is 67.9 Å². The topological polar surface area (TPSA) is 359 Å². The number of ketones is 2. The van der Waals surface area contributed by atoms with Gasteiger partial charge in [-0.15, -0.1) is 0 Å². The van der Waals surface area contributed by atoms with Crippen molar-refractivity contribution in [1.82, 2.24) is 0 Å². The maximum absolute atomic E-state index is 15.1. The summed E-state index contributed by atoms with van der Waals surface area (Å²) in [5.41, 5.74) is -1.51. The van der Waals surface area contributed by atoms with Crippen molar-refractivity contribution >= 4 is 34.3 Å². The zero-order valence-electron chi connectivity index (χ0n) is 48.7. The Kier molecular flexibility index (Phi) is 20.5. The Morgan fingerprint density at radius 2 is 1.22 bits per heavy atom. The fourth-order valence-corrected chi connectivity index (χ4v) is 12.4. The molecule has 0 aromatic heterocycles. The van der Waals surface area contributed by atoms with E-state index in [2.05, 4.69) is 0 Å². The van der Waals surface area contributed by atoms with E-state index in [-0.39, 0.29) is 71.7 Å². The van der Waals surface area contributed by atoms with Gasteiger partial charge in [-0.05, 0) is 84.9 Å². The van der Waals surface area contributed by atoms with Gasteiger partial charge in [0.1, 0.15) is 65.6 Å². The summed E-state index contributed by atoms with van der Waals surface area (Å²) in [6.45, 7) is 14.8. The number of benzene rings is 2. The molecule has 466 valence electrons. The van der Waals surface area contributed by atoms with Crippen LogP contribution in [0, 0.1) is 12.8 Å². The van der Waals surface area contributed by atoms with E-state index in [0.717, 1.165) is 0 Å². The third-order valence-electron chi connectivity index (χ3n) is 16.6. The van der Waals surface area contributed by atoms with Crippen LogP contribution in [-0.4, -0.2) is 225 Å². The molecule has 5 aliphatic heterocycles. The van der Waals surface area contributed by atoms with Crippen LogP contribution in [0.1, 0.15) is 116 Å². The summed E-state index contributed by atoms with van der Waals surface area (Å²) in [4.78, 5) is 53.2. The second-order valence-corrected chi connectivity index (χ2v) is 23.1. The molecule has 5 saturated heterocycles. The zero-order chi connectivity index (χ0) is 60.8. The molecule has 26 heteroatoms. The Morgan fingerprint density at radius 3 is 1.78 bits per heavy atom. The molecule has 1 unspecified atom stereocenters. The fourth-order valence-electron chi connectivity index (χ4n) is 12.4. The molecule has 1 aliphatic carbocycles. The summed E-state index contributed by atoms with van der Waals surface area (Å²) < 4.78 is 84.2. The third kappa shape index (κ3) is 13.9. The SMILES string of the molecule is COC(C(=O)[C@@H](O)[C@@H](C)O)[C@@H]1Cc2cc3cc(O[C@@H]4C[C@@H](O[C@@H]5C[C@@H](O)[C@@H](OC)[C@@H](C)O5)[C@H](OC(C)=O)[C@@H](C)O4)c(C)c(O)c3c(O)c2C(=O)[C@H]1O[C@H]1C[C@@H](O[C@@H]2C[C@@H](O[C@H]3C[C@](C)(O)[C@@H](OC(C)=O)[C@H](C)O3)[C@H](O)[C@@H](C)O2)[C@H](O)[C@@H](C)O1. The quantitative estimate of drug-likeness (QED) is 0.0982. The first kappa shape index (κ1) is 64.7. The van der Waals surface area contributed by atoms with Crippen LogP contribution >= 0.6 is 0 Å². The molecule has 83 heavy (non-hydrogen) atoms. The van der Waals surface area contributed by atoms with Gasteiger partial charge in [-0.25, -0.2) is 0 Å². The minimum atomic E-state index is -1.96. The van der Waals surface area contributed by atoms with Gasteiger partial charge in [-0.1, -0.05) is 0 Å². The van der Waals surface area contributed by atoms with Gasteiger partial charge in [0, 0.05) is 71.7 Å². The molecule has 26 nitrogen and oxygen atoms in total. The minimum Gasteiger partial charge on any atom is -0.507 e. The van der Waals surface area contributed by atoms with Crippen molar-refractivity contribution in [2.45, 2.75) is 255 Å². The smallest absolute Gasteiger partial charge is 0.303 e. The Bertz CT molecular complexity index is 2620. The highest BCUT2D eigenvalue weighted by Crippen LogP contribution is 2.48. The molecule has 0 amide bonds. The lowest BCUT2D eigenvalue weighted by atomic mass is 9.75. The summed E-state index contributed by atoms with van der Waals surface area (Å²) in [6.07, 6.45) is -25.9. The summed E-state index contributed by atoms with van der Waals surface area (Å²) in [6, 6.07) is 3.04. The Hall–Kier alpha value is -4.30. The second-order valence-electron chi connectivity index (χ2n) is 23.1. The number of rotatable bonds is 18. The number of aromatic hydroxyl groups is 2. The van der Waals surface area contributed by atoms with E-state index in [0.29, 0.717) is 0 Å². The van der Waals surface area contributed by atoms with Crippen LogP contribution in [0.25, 0.3) is 10.8 Å². The first-order valence-corrected chi connectivity index (χ1v) is 28.2. The van der Waals surface area contributed by atoms with Gasteiger partial charge in [0.2, 0.25) is 6.29 Å². The number of fused-ring (bicyclic) bond motifs is 2. The lowest BCUT2D eigenvalue weighted by Crippen LogP contribution is -2.59. The number of methoxy groups -OCH3 is 2. The number of hydrogen-bond donors (Lipinski definition) is 8. The van der Waals surface area contributed by atoms with Crippen molar-refractivity contribution in [1.29, 1.82) is 0 Å². The number of ether oxygens (including phenoxy) is 14. The number of hydrogen-bond acceptors (Lipinski definition) is 26. The van der Waals surface area contributed by atoms with Crippen LogP contribution in [0.15, 0.2) is 12.1 Å². The first-order chi connectivity index (χ1) is 39.0. The highest BCUT2D eigenvalue weighted by atomic mass is 16.7. The highest BCUT2D eigenvalue weighted by Gasteiger charge is 2.52. The molecule has 0 spiro atoms. The predicted molar refractivity (Wildman–Crippen MR) is 282 cm³/mol. The number of phenolic OH excluding ortho intramolecular Hbond substituents is 2. The number of carbonyl (C=O) groups excluding carboxylic acids is 4. The molecular weight excluding hydrogens is 1100 g/mol. The number of Topliss-reactive ketones (excluding diaryl/α,β-unsaturated/α-hetero) is 2. The predicted octanol–water partition coefficient (Wildman–Crippen LogP) is 1.55. The van der Waals surface area contributed by atoms with Gasteiger partial charge in [0.15, 0.2) is 48.9 Å². The third-order valence-corrected chi connectivity index (χ3v) is 16.6. The van der Waals surface area contributed by atoms with E-state index in [1.54, 1.807) is 27.7 Å². The van der Waals surface area contributed by atoms with Crippen LogP contribution in [0.2, 0.25) is 0 Å². The van der Waals surface area contributed by atoms with Crippen molar-refractivity contribution in [3.8, 4) is 17.2 Å². The van der Waals surface area contributed by atoms with Crippen molar-refractivity contribution in [3.63, 3.8) is 0 Å². The van der Waals surface area contributed by atoms with Crippen LogP contribution in [-0.2, 0) is 82.4 Å². The molecule has 2 aromatic carbocycles. The Balaban J connectivity index is 1.04. The molecule has 5 fully saturated rings. The zero-order valence-corrected chi connectivity index (χ0v) is 48.7. The van der Waals surface area contributed by atoms with Gasteiger partial charge in [-0.3, -0.25) is 19.2 Å². The van der Waals surface area contributed by atoms with E-state index in [9.17, 15) is 55.2 Å². The van der Waals surface area contributed by atoms with Crippen LogP contribution in [0.4, 0.5) is 0 Å². The molecule has 8 rings (SSSR count). The summed E-state index contributed by atoms with van der Waals surface area (Å²) >= 11 is 0. The standard InChI is InChI=1S/C57H82O26/c1-21-34(79-40-19-37(53(26(6)75-40)77-28(8)59)82-38-16-33(61)52(70-11)25(5)74-38)15-31-13-30-14-32(54(71-12)51(68)46(63)22(2)58)55(50(67)44(30)49(66)43(31)45(21)62)83-41-18-35(47(64)24(4)73-41)80-39-17-36(48(65)23(3)72-39)81-42-20-57(10,69)56(27(7)76-42)78-29(9)60/h13,15,22-27,32-33,35-42,46-48,52-56,58,61-66,69H,14,16-20H2,1-12H3/t22-,23-,24-,25-,26-,27+,32+,33-,35-,36-,37-,38-,39-,40-,41+,42+,46+,47-,48-,52+,53-,54?,55+,56+,57+/m1/s1. The Labute approximate surface area is 480 Å². The lowest BCUT2D eigenvalue weighted by molar-refractivity contribution is -0.334. The van der Waals surface area contributed by atoms with Crippen LogP contribution < -0.4 is 4.74 Å². The number of aliphatic hydroxyl groups excluding tert-OH is 5. The van der Waals surface area contributed by atoms with Gasteiger partial charge < -0.3 is 107 Å². The monoisotopic (exact) mass is 1180 g/mol. The van der Waals surface area contributed by atoms with Crippen molar-refractivity contribution < 1.29 is 126 Å². The van der Waals surface area contributed by atoms with Crippen molar-refractivity contribution in [2.24, 2.45) is 5.92 Å². The number of aliphatic hydroxyl groups is 6. The second kappa shape index (κ2) is 26.4. The summed E-state index contributed by atoms with van der Waals surface area (Å²) in [5, 5.41) is 90.1. The van der Waals surface area contributed by atoms with Crippen LogP contribution in [0.5, 0.6) is 17.2 Å². The van der Waals surface area contributed by atoms with Crippen molar-refractivity contribution in [2.75, 3.05) is 14.2 Å². The molecule has 25 atom stereocenters. The van der Waals surface area contributed by atoms with Gasteiger partial charge >= 0.3 is 11.9 Å². The van der Waals surface area contributed by atoms with E-state index in [1.807, 2.05) is 0 Å². The molecule has 0 bridgehead atoms. The maximum atomic E-state index is 15.1.